The molecular weight excluding hydrogens is 272 g/mol. The molecule has 0 aromatic rings. The van der Waals surface area contributed by atoms with Crippen LogP contribution in [0.2, 0.25) is 0 Å². The zero-order valence-electron chi connectivity index (χ0n) is 8.00. The Morgan fingerprint density at radius 2 is 1.33 bits per heavy atom. The summed E-state index contributed by atoms with van der Waals surface area (Å²) >= 11 is 7.83. The summed E-state index contributed by atoms with van der Waals surface area (Å²) in [4.78, 5) is 19.5. The molecule has 5 nitrogen and oxygen atoms in total. The Kier molecular flexibility index (Phi) is 3.56. The molecule has 0 radical (unpaired) electrons. The van der Waals surface area contributed by atoms with Gasteiger partial charge in [0.05, 0.1) is 12.2 Å². The summed E-state index contributed by atoms with van der Waals surface area (Å²) in [6.07, 6.45) is 3.16. The van der Waals surface area contributed by atoms with Gasteiger partial charge < -0.3 is 22.6 Å². The van der Waals surface area contributed by atoms with E-state index in [1.54, 1.807) is 0 Å². The average Bonchev–Trinajstić information content (AvgIpc) is 2.13. The van der Waals surface area contributed by atoms with Crippen LogP contribution in [0.25, 0.3) is 0 Å². The van der Waals surface area contributed by atoms with E-state index in [9.17, 15) is 9.59 Å². The van der Waals surface area contributed by atoms with E-state index in [0.29, 0.717) is 0 Å². The van der Waals surface area contributed by atoms with Crippen LogP contribution in [-0.4, -0.2) is 37.7 Å². The quantitative estimate of drug-likeness (QED) is 0.375. The van der Waals surface area contributed by atoms with Gasteiger partial charge in [-0.05, 0) is 12.8 Å². The summed E-state index contributed by atoms with van der Waals surface area (Å²) in [5.41, 5.74) is 0. The predicted octanol–water partition coefficient (Wildman–Crippen LogP) is 0.0764. The van der Waals surface area contributed by atoms with Gasteiger partial charge in [-0.2, -0.15) is 0 Å². The fourth-order valence-corrected chi connectivity index (χ4v) is 8.73. The van der Waals surface area contributed by atoms with Crippen LogP contribution in [0.5, 0.6) is 0 Å². The van der Waals surface area contributed by atoms with Crippen LogP contribution < -0.4 is 0 Å². The van der Waals surface area contributed by atoms with E-state index in [2.05, 4.69) is 24.2 Å². The molecular formula is C6H14O5S2Si2. The van der Waals surface area contributed by atoms with Crippen molar-refractivity contribution in [3.63, 3.8) is 0 Å². The molecule has 1 aliphatic carbocycles. The van der Waals surface area contributed by atoms with E-state index in [0.717, 1.165) is 25.7 Å². The van der Waals surface area contributed by atoms with Crippen LogP contribution in [0.3, 0.4) is 0 Å². The number of rotatable bonds is 0. The molecule has 1 aliphatic heterocycles. The van der Waals surface area contributed by atoms with Crippen LogP contribution >= 0.6 is 24.2 Å². The maximum absolute atomic E-state index is 9.73. The van der Waals surface area contributed by atoms with Crippen LogP contribution in [0.4, 0.5) is 0 Å². The number of hydrogen-bond acceptors (Lipinski definition) is 7. The Labute approximate surface area is 101 Å². The van der Waals surface area contributed by atoms with Gasteiger partial charge in [0.2, 0.25) is 0 Å². The first-order valence-corrected chi connectivity index (χ1v) is 10.9. The van der Waals surface area contributed by atoms with Gasteiger partial charge in [-0.15, -0.1) is 24.2 Å². The Bertz CT molecular complexity index is 228. The molecule has 0 amide bonds. The third kappa shape index (κ3) is 3.20. The number of thiol groups is 2. The average molecular weight is 286 g/mol. The zero-order chi connectivity index (χ0) is 11.1. The zero-order valence-corrected chi connectivity index (χ0v) is 11.8. The van der Waals surface area contributed by atoms with E-state index in [-0.39, 0.29) is 12.2 Å². The van der Waals surface area contributed by atoms with Crippen molar-refractivity contribution in [1.29, 1.82) is 0 Å². The van der Waals surface area contributed by atoms with Crippen LogP contribution in [0, 0.1) is 0 Å². The minimum Gasteiger partial charge on any atom is -0.382 e. The summed E-state index contributed by atoms with van der Waals surface area (Å²) in [7, 11) is -7.16. The smallest absolute Gasteiger partial charge is 0.382 e. The summed E-state index contributed by atoms with van der Waals surface area (Å²) in [6.45, 7) is 0. The van der Waals surface area contributed by atoms with Gasteiger partial charge in [0.15, 0.2) is 0 Å². The normalized spacial score (nSPS) is 52.0. The van der Waals surface area contributed by atoms with Crippen LogP contribution in [0.15, 0.2) is 0 Å². The standard InChI is InChI=1S/C6H14O5S2Si2/c7-14(12)9-5-3-1-2-4-6(5)10-15(8,13)11-14/h5-8,12-13H,1-4H2. The van der Waals surface area contributed by atoms with Crippen molar-refractivity contribution in [2.75, 3.05) is 0 Å². The van der Waals surface area contributed by atoms with Gasteiger partial charge in [-0.25, -0.2) is 0 Å². The van der Waals surface area contributed by atoms with Crippen molar-refractivity contribution in [1.82, 2.24) is 0 Å². The first-order valence-electron chi connectivity index (χ1n) is 4.83. The molecule has 2 N–H and O–H groups in total. The minimum absolute atomic E-state index is 0.235. The lowest BCUT2D eigenvalue weighted by Crippen LogP contribution is -2.47. The molecule has 2 aliphatic rings. The van der Waals surface area contributed by atoms with Crippen LogP contribution in [-0.2, 0) is 13.0 Å². The predicted molar refractivity (Wildman–Crippen MR) is 63.2 cm³/mol. The Balaban J connectivity index is 2.16. The molecule has 0 aromatic heterocycles. The number of fused-ring (bicyclic) bond motifs is 1. The van der Waals surface area contributed by atoms with E-state index < -0.39 is 15.9 Å². The Morgan fingerprint density at radius 3 is 1.73 bits per heavy atom. The molecule has 1 heterocycles. The summed E-state index contributed by atoms with van der Waals surface area (Å²) in [5, 5.41) is 0. The lowest BCUT2D eigenvalue weighted by molar-refractivity contribution is 0.00817. The summed E-state index contributed by atoms with van der Waals surface area (Å²) in [6, 6.07) is 0. The lowest BCUT2D eigenvalue weighted by atomic mass is 9.95. The highest BCUT2D eigenvalue weighted by Gasteiger charge is 2.54. The molecule has 0 aromatic carbocycles. The van der Waals surface area contributed by atoms with Crippen molar-refractivity contribution in [2.45, 2.75) is 37.9 Å². The molecule has 0 bridgehead atoms. The van der Waals surface area contributed by atoms with Crippen molar-refractivity contribution < 1.29 is 22.6 Å². The monoisotopic (exact) mass is 286 g/mol. The summed E-state index contributed by atoms with van der Waals surface area (Å²) in [5.74, 6) is 0. The Morgan fingerprint density at radius 1 is 0.933 bits per heavy atom. The highest BCUT2D eigenvalue weighted by molar-refractivity contribution is 8.14. The third-order valence-corrected chi connectivity index (χ3v) is 8.14. The second-order valence-electron chi connectivity index (χ2n) is 3.80. The molecule has 88 valence electrons. The molecule has 0 spiro atoms. The van der Waals surface area contributed by atoms with Gasteiger partial charge in [-0.1, -0.05) is 12.8 Å². The first-order chi connectivity index (χ1) is 6.88. The summed E-state index contributed by atoms with van der Waals surface area (Å²) < 4.78 is 15.7. The second-order valence-corrected chi connectivity index (χ2v) is 10.7. The molecule has 1 saturated carbocycles. The molecule has 15 heavy (non-hydrogen) atoms. The molecule has 4 atom stereocenters. The first kappa shape index (κ1) is 12.4. The molecule has 1 saturated heterocycles. The van der Waals surface area contributed by atoms with Gasteiger partial charge >= 0.3 is 15.9 Å². The SMILES string of the molecule is O[Si]1(S)OC2CCCCC2O[Si](O)(S)O1. The molecule has 9 heteroatoms. The highest BCUT2D eigenvalue weighted by Crippen LogP contribution is 2.34. The van der Waals surface area contributed by atoms with Crippen molar-refractivity contribution >= 4 is 40.1 Å². The van der Waals surface area contributed by atoms with E-state index in [4.69, 9.17) is 13.0 Å². The fraction of sp³-hybridized carbons (Fsp3) is 1.00. The van der Waals surface area contributed by atoms with E-state index in [1.807, 2.05) is 0 Å². The maximum Gasteiger partial charge on any atom is 0.560 e. The maximum atomic E-state index is 9.73. The topological polar surface area (TPSA) is 68.2 Å². The number of hydrogen-bond donors (Lipinski definition) is 4. The van der Waals surface area contributed by atoms with E-state index in [1.165, 1.54) is 0 Å². The minimum atomic E-state index is -3.58. The van der Waals surface area contributed by atoms with Gasteiger partial charge in [0.25, 0.3) is 0 Å². The second kappa shape index (κ2) is 4.31. The van der Waals surface area contributed by atoms with Gasteiger partial charge in [0, 0.05) is 0 Å². The highest BCUT2D eigenvalue weighted by atomic mass is 32.3. The third-order valence-electron chi connectivity index (χ3n) is 2.52. The molecule has 2 fully saturated rings. The Hall–Kier alpha value is 0.934. The van der Waals surface area contributed by atoms with Gasteiger partial charge in [-0.3, -0.25) is 0 Å². The van der Waals surface area contributed by atoms with E-state index >= 15 is 0 Å². The van der Waals surface area contributed by atoms with Crippen molar-refractivity contribution in [2.24, 2.45) is 0 Å². The van der Waals surface area contributed by atoms with Gasteiger partial charge in [0.1, 0.15) is 0 Å². The van der Waals surface area contributed by atoms with Crippen LogP contribution in [0.1, 0.15) is 25.7 Å². The fourth-order valence-electron chi connectivity index (χ4n) is 1.95. The van der Waals surface area contributed by atoms with Crippen molar-refractivity contribution in [3.8, 4) is 0 Å². The van der Waals surface area contributed by atoms with Crippen molar-refractivity contribution in [3.05, 3.63) is 0 Å². The lowest BCUT2D eigenvalue weighted by Gasteiger charge is -2.30. The molecule has 4 unspecified atom stereocenters. The largest absolute Gasteiger partial charge is 0.560 e. The molecule has 2 rings (SSSR count).